The van der Waals surface area contributed by atoms with Gasteiger partial charge in [0.25, 0.3) is 0 Å². The summed E-state index contributed by atoms with van der Waals surface area (Å²) >= 11 is -2.11. The number of hydrogen-bond acceptors (Lipinski definition) is 1. The fourth-order valence-corrected chi connectivity index (χ4v) is 16.9. The first-order valence-corrected chi connectivity index (χ1v) is 16.4. The summed E-state index contributed by atoms with van der Waals surface area (Å²) < 4.78 is 5.11. The van der Waals surface area contributed by atoms with Crippen LogP contribution in [0.5, 0.6) is 0 Å². The first-order chi connectivity index (χ1) is 10.3. The van der Waals surface area contributed by atoms with E-state index < -0.39 is 26.1 Å². The molecule has 1 aromatic carbocycles. The van der Waals surface area contributed by atoms with Gasteiger partial charge in [-0.3, -0.25) is 0 Å². The number of carbonyl (C=O) groups is 1. The predicted molar refractivity (Wildman–Crippen MR) is 91.6 cm³/mol. The molecule has 0 spiro atoms. The maximum absolute atomic E-state index is 12.6. The molecule has 0 fully saturated rings. The second-order valence-electron chi connectivity index (χ2n) is 6.26. The molecule has 1 unspecified atom stereocenters. The van der Waals surface area contributed by atoms with Gasteiger partial charge >= 0.3 is 143 Å². The number of rotatable bonds is 3. The summed E-state index contributed by atoms with van der Waals surface area (Å²) in [6.45, 7) is 13.8. The molecule has 24 heavy (non-hydrogen) atoms. The van der Waals surface area contributed by atoms with Gasteiger partial charge in [0.15, 0.2) is 0 Å². The Bertz CT molecular complexity index is 707. The number of nitrogens with one attached hydrogen (secondary N) is 1. The van der Waals surface area contributed by atoms with Crippen LogP contribution in [0, 0.1) is 5.92 Å². The molecule has 1 aliphatic rings. The first kappa shape index (κ1) is 23.9. The Hall–Kier alpha value is -0.150. The monoisotopic (exact) mass is 459 g/mol. The summed E-state index contributed by atoms with van der Waals surface area (Å²) in [5, 5.41) is 0. The van der Waals surface area contributed by atoms with Crippen molar-refractivity contribution in [1.29, 1.82) is 0 Å². The summed E-state index contributed by atoms with van der Waals surface area (Å²) in [6, 6.07) is 9.62. The van der Waals surface area contributed by atoms with Crippen LogP contribution in [0.15, 0.2) is 50.3 Å². The number of allylic oxidation sites excluding steroid dienone is 4. The van der Waals surface area contributed by atoms with Gasteiger partial charge in [-0.05, 0) is 0 Å². The molecule has 0 bridgehead atoms. The van der Waals surface area contributed by atoms with Gasteiger partial charge in [-0.15, -0.1) is 0 Å². The second kappa shape index (κ2) is 10.1. The van der Waals surface area contributed by atoms with E-state index in [4.69, 9.17) is 0 Å². The molecule has 0 heterocycles. The standard InChI is InChI=1S/C9H13.C7H7NO.C2H6Si.2ClH.Zr/c1-6-5-7(2)9(4)8(6)3;8-7(9)6-4-2-1-3-5-6;1-3-2;;;/h6H,1-4H3;1-5H,(H2,8,9);1-2H3;2*1H;/q;;;;;+3/p-3. The average Bonchev–Trinajstić information content (AvgIpc) is 2.69. The van der Waals surface area contributed by atoms with E-state index in [2.05, 4.69) is 44.0 Å². The van der Waals surface area contributed by atoms with Crippen molar-refractivity contribution in [2.24, 2.45) is 5.92 Å². The van der Waals surface area contributed by atoms with Crippen LogP contribution in [0.1, 0.15) is 38.1 Å². The van der Waals surface area contributed by atoms with E-state index in [9.17, 15) is 4.79 Å². The Morgan fingerprint density at radius 1 is 1.04 bits per heavy atom. The number of hydrogen-bond donors (Lipinski definition) is 1. The van der Waals surface area contributed by atoms with Crippen molar-refractivity contribution >= 4 is 11.3 Å². The Morgan fingerprint density at radius 3 is 2.00 bits per heavy atom. The van der Waals surface area contributed by atoms with Crippen LogP contribution in [-0.2, 0) is 20.7 Å². The van der Waals surface area contributed by atoms with Gasteiger partial charge < -0.3 is 24.8 Å². The molecule has 0 aromatic heterocycles. The third-order valence-electron chi connectivity index (χ3n) is 4.68. The van der Waals surface area contributed by atoms with Gasteiger partial charge in [0.1, 0.15) is 0 Å². The van der Waals surface area contributed by atoms with Crippen LogP contribution in [0.3, 0.4) is 0 Å². The molecule has 2 rings (SSSR count). The Kier molecular flexibility index (Phi) is 10.0. The zero-order valence-corrected chi connectivity index (χ0v) is 20.1. The molecule has 0 aliphatic heterocycles. The largest absolute Gasteiger partial charge is 1.00 e. The van der Waals surface area contributed by atoms with Gasteiger partial charge in [0, 0.05) is 0 Å². The third-order valence-corrected chi connectivity index (χ3v) is 19.9. The minimum atomic E-state index is -2.11. The Labute approximate surface area is 166 Å². The van der Waals surface area contributed by atoms with Crippen LogP contribution >= 0.6 is 0 Å². The van der Waals surface area contributed by atoms with Crippen LogP contribution in [0.2, 0.25) is 13.1 Å². The molecule has 0 saturated carbocycles. The molecule has 130 valence electrons. The molecule has 6 heteroatoms. The summed E-state index contributed by atoms with van der Waals surface area (Å²) in [5.41, 5.74) is 4.69. The normalized spacial score (nSPS) is 16.0. The summed E-state index contributed by atoms with van der Waals surface area (Å²) in [4.78, 5) is 12.6. The summed E-state index contributed by atoms with van der Waals surface area (Å²) in [5.74, 6) is 0.640. The van der Waals surface area contributed by atoms with Crippen molar-refractivity contribution < 1.29 is 50.3 Å². The van der Waals surface area contributed by atoms with Crippen LogP contribution in [0.4, 0.5) is 0 Å². The minimum absolute atomic E-state index is 0. The summed E-state index contributed by atoms with van der Waals surface area (Å²) in [6.07, 6.45) is 0. The van der Waals surface area contributed by atoms with Crippen molar-refractivity contribution in [3.05, 3.63) is 55.9 Å². The van der Waals surface area contributed by atoms with Crippen molar-refractivity contribution in [1.82, 2.24) is 3.26 Å². The fraction of sp³-hybridized carbons (Fsp3) is 0.389. The third kappa shape index (κ3) is 4.94. The van der Waals surface area contributed by atoms with E-state index in [1.54, 1.807) is 3.28 Å². The van der Waals surface area contributed by atoms with E-state index in [0.717, 1.165) is 5.56 Å². The first-order valence-electron chi connectivity index (χ1n) is 7.77. The number of carbonyl (C=O) groups excluding carboxylic acids is 1. The van der Waals surface area contributed by atoms with Crippen LogP contribution < -0.4 is 28.1 Å². The zero-order chi connectivity index (χ0) is 16.4. The maximum Gasteiger partial charge on any atom is -1.00 e. The molecule has 0 saturated heterocycles. The number of benzene rings is 1. The van der Waals surface area contributed by atoms with E-state index in [1.807, 2.05) is 30.3 Å². The van der Waals surface area contributed by atoms with E-state index in [0.29, 0.717) is 5.92 Å². The topological polar surface area (TPSA) is 29.1 Å². The van der Waals surface area contributed by atoms with Gasteiger partial charge in [0.2, 0.25) is 0 Å². The molecule has 1 aliphatic carbocycles. The van der Waals surface area contributed by atoms with E-state index >= 15 is 0 Å². The van der Waals surface area contributed by atoms with Gasteiger partial charge in [0.05, 0.1) is 0 Å². The molecule has 1 N–H and O–H groups in total. The number of amides is 1. The van der Waals surface area contributed by atoms with Crippen LogP contribution in [0.25, 0.3) is 0 Å². The van der Waals surface area contributed by atoms with Gasteiger partial charge in [-0.1, -0.05) is 0 Å². The van der Waals surface area contributed by atoms with Gasteiger partial charge in [-0.2, -0.15) is 0 Å². The molecule has 1 aromatic rings. The smallest absolute Gasteiger partial charge is 1.00 e. The molecular weight excluding hydrogens is 436 g/mol. The van der Waals surface area contributed by atoms with Gasteiger partial charge in [-0.25, -0.2) is 0 Å². The fourth-order valence-electron chi connectivity index (χ4n) is 3.00. The Morgan fingerprint density at radius 2 is 1.58 bits per heavy atom. The van der Waals surface area contributed by atoms with Crippen molar-refractivity contribution in [2.45, 2.75) is 40.8 Å². The van der Waals surface area contributed by atoms with Crippen molar-refractivity contribution in [2.75, 3.05) is 0 Å². The molecule has 2 nitrogen and oxygen atoms in total. The number of halogens is 2. The predicted octanol–water partition coefficient (Wildman–Crippen LogP) is -1.53. The summed E-state index contributed by atoms with van der Waals surface area (Å²) in [7, 11) is 0. The average molecular weight is 462 g/mol. The minimum Gasteiger partial charge on any atom is -1.00 e. The quantitative estimate of drug-likeness (QED) is 0.544. The zero-order valence-electron chi connectivity index (χ0n) is 15.1. The van der Waals surface area contributed by atoms with Crippen LogP contribution in [-0.4, -0.2) is 11.3 Å². The Balaban J connectivity index is 0.00000264. The second-order valence-corrected chi connectivity index (χ2v) is 22.4. The molecule has 1 amide bonds. The molecule has 0 radical (unpaired) electrons. The molecular formula is C18H25Cl2NOSiZr. The maximum atomic E-state index is 12.6. The van der Waals surface area contributed by atoms with E-state index in [-0.39, 0.29) is 30.7 Å². The van der Waals surface area contributed by atoms with Crippen molar-refractivity contribution in [3.63, 3.8) is 0 Å². The molecule has 1 atom stereocenters. The van der Waals surface area contributed by atoms with Crippen molar-refractivity contribution in [3.8, 4) is 0 Å². The van der Waals surface area contributed by atoms with E-state index in [1.165, 1.54) is 16.7 Å². The SMILES string of the molecule is CC1=C(C)C(C)[C]([Zr+2]([NH]C(=O)c2ccccc2)=[Si](C)C)=C1C.[Cl-].[Cl-].